The van der Waals surface area contributed by atoms with E-state index in [1.54, 1.807) is 19.4 Å². The Balaban J connectivity index is 2.75. The molecule has 0 spiro atoms. The molecule has 0 N–H and O–H groups in total. The van der Waals surface area contributed by atoms with Gasteiger partial charge in [0.2, 0.25) is 0 Å². The number of nitriles is 1. The molecule has 16 heavy (non-hydrogen) atoms. The molecular formula is C11H14N4O. The van der Waals surface area contributed by atoms with Gasteiger partial charge in [-0.05, 0) is 0 Å². The van der Waals surface area contributed by atoms with Crippen molar-refractivity contribution < 1.29 is 4.74 Å². The lowest BCUT2D eigenvalue weighted by molar-refractivity contribution is 0.205. The van der Waals surface area contributed by atoms with Crippen LogP contribution in [0, 0.1) is 11.3 Å². The Morgan fingerprint density at radius 1 is 1.56 bits per heavy atom. The van der Waals surface area contributed by atoms with Gasteiger partial charge in [-0.1, -0.05) is 6.08 Å². The highest BCUT2D eigenvalue weighted by Gasteiger charge is 2.06. The average molecular weight is 218 g/mol. The van der Waals surface area contributed by atoms with E-state index in [-0.39, 0.29) is 0 Å². The van der Waals surface area contributed by atoms with E-state index in [0.717, 1.165) is 5.82 Å². The molecule has 5 heteroatoms. The molecule has 0 aliphatic heterocycles. The summed E-state index contributed by atoms with van der Waals surface area (Å²) >= 11 is 0. The number of nitrogens with zero attached hydrogens (tertiary/aromatic N) is 4. The minimum atomic E-state index is 0.314. The Morgan fingerprint density at radius 2 is 2.38 bits per heavy atom. The first-order chi connectivity index (χ1) is 7.81. The van der Waals surface area contributed by atoms with Crippen molar-refractivity contribution in [3.63, 3.8) is 0 Å². The minimum absolute atomic E-state index is 0.314. The quantitative estimate of drug-likeness (QED) is 0.666. The van der Waals surface area contributed by atoms with Gasteiger partial charge in [0.05, 0.1) is 19.0 Å². The predicted molar refractivity (Wildman–Crippen MR) is 61.0 cm³/mol. The van der Waals surface area contributed by atoms with E-state index in [4.69, 9.17) is 10.00 Å². The minimum Gasteiger partial charge on any atom is -0.383 e. The molecule has 0 aliphatic carbocycles. The topological polar surface area (TPSA) is 62.0 Å². The van der Waals surface area contributed by atoms with E-state index in [9.17, 15) is 0 Å². The molecule has 1 rings (SSSR count). The van der Waals surface area contributed by atoms with Crippen molar-refractivity contribution >= 4 is 5.82 Å². The molecule has 0 saturated heterocycles. The highest BCUT2D eigenvalue weighted by atomic mass is 16.5. The van der Waals surface area contributed by atoms with Crippen molar-refractivity contribution in [1.82, 2.24) is 9.97 Å². The molecule has 0 saturated carbocycles. The molecule has 0 atom stereocenters. The largest absolute Gasteiger partial charge is 0.383 e. The van der Waals surface area contributed by atoms with Crippen LogP contribution < -0.4 is 4.90 Å². The Morgan fingerprint density at radius 3 is 2.88 bits per heavy atom. The maximum absolute atomic E-state index is 8.61. The normalized spacial score (nSPS) is 9.50. The number of methoxy groups -OCH3 is 1. The van der Waals surface area contributed by atoms with Gasteiger partial charge in [0.25, 0.3) is 0 Å². The number of rotatable bonds is 6. The van der Waals surface area contributed by atoms with E-state index >= 15 is 0 Å². The fraction of sp³-hybridized carbons (Fsp3) is 0.364. The van der Waals surface area contributed by atoms with E-state index in [1.807, 2.05) is 11.0 Å². The Hall–Kier alpha value is -1.93. The van der Waals surface area contributed by atoms with Crippen molar-refractivity contribution in [3.8, 4) is 6.07 Å². The van der Waals surface area contributed by atoms with Crippen molar-refractivity contribution in [3.05, 3.63) is 30.7 Å². The number of hydrogen-bond acceptors (Lipinski definition) is 5. The molecule has 0 radical (unpaired) electrons. The third kappa shape index (κ3) is 3.33. The highest BCUT2D eigenvalue weighted by molar-refractivity contribution is 5.37. The number of hydrogen-bond donors (Lipinski definition) is 0. The third-order valence-corrected chi connectivity index (χ3v) is 1.99. The van der Waals surface area contributed by atoms with Gasteiger partial charge in [0, 0.05) is 20.2 Å². The first kappa shape index (κ1) is 12.1. The van der Waals surface area contributed by atoms with E-state index in [0.29, 0.717) is 25.4 Å². The summed E-state index contributed by atoms with van der Waals surface area (Å²) in [4.78, 5) is 10.1. The average Bonchev–Trinajstić information content (AvgIpc) is 2.35. The number of anilines is 1. The lowest BCUT2D eigenvalue weighted by Gasteiger charge is -2.20. The van der Waals surface area contributed by atoms with Gasteiger partial charge in [0.15, 0.2) is 5.69 Å². The maximum Gasteiger partial charge on any atom is 0.158 e. The van der Waals surface area contributed by atoms with Gasteiger partial charge in [-0.15, -0.1) is 6.58 Å². The van der Waals surface area contributed by atoms with Gasteiger partial charge < -0.3 is 9.64 Å². The van der Waals surface area contributed by atoms with Crippen molar-refractivity contribution in [2.45, 2.75) is 0 Å². The molecule has 1 aromatic heterocycles. The van der Waals surface area contributed by atoms with E-state index < -0.39 is 0 Å². The van der Waals surface area contributed by atoms with Crippen LogP contribution in [-0.4, -0.2) is 36.8 Å². The summed E-state index contributed by atoms with van der Waals surface area (Å²) in [6.45, 7) is 5.67. The predicted octanol–water partition coefficient (Wildman–Crippen LogP) is 0.987. The molecule has 1 heterocycles. The van der Waals surface area contributed by atoms with Crippen molar-refractivity contribution in [1.29, 1.82) is 5.26 Å². The zero-order chi connectivity index (χ0) is 11.8. The second-order valence-electron chi connectivity index (χ2n) is 3.10. The van der Waals surface area contributed by atoms with Crippen LogP contribution in [0.15, 0.2) is 25.0 Å². The van der Waals surface area contributed by atoms with Crippen LogP contribution in [0.1, 0.15) is 5.69 Å². The summed E-state index contributed by atoms with van der Waals surface area (Å²) in [5.41, 5.74) is 0.314. The Bertz CT molecular complexity index is 369. The van der Waals surface area contributed by atoms with Gasteiger partial charge >= 0.3 is 0 Å². The summed E-state index contributed by atoms with van der Waals surface area (Å²) in [5, 5.41) is 8.61. The standard InChI is InChI=1S/C11H14N4O/c1-3-4-15(5-6-16-2)11-9-13-10(7-12)8-14-11/h3,8-9H,1,4-6H2,2H3. The second-order valence-corrected chi connectivity index (χ2v) is 3.10. The lowest BCUT2D eigenvalue weighted by atomic mass is 10.4. The molecule has 0 fully saturated rings. The molecule has 0 bridgehead atoms. The Kier molecular flexibility index (Phi) is 4.96. The Labute approximate surface area is 95.0 Å². The molecule has 84 valence electrons. The van der Waals surface area contributed by atoms with Gasteiger partial charge in [0.1, 0.15) is 11.9 Å². The van der Waals surface area contributed by atoms with E-state index in [2.05, 4.69) is 16.5 Å². The number of ether oxygens (including phenoxy) is 1. The van der Waals surface area contributed by atoms with Crippen LogP contribution in [0.3, 0.4) is 0 Å². The monoisotopic (exact) mass is 218 g/mol. The molecular weight excluding hydrogens is 204 g/mol. The van der Waals surface area contributed by atoms with Gasteiger partial charge in [-0.25, -0.2) is 9.97 Å². The van der Waals surface area contributed by atoms with Crippen molar-refractivity contribution in [2.75, 3.05) is 31.7 Å². The van der Waals surface area contributed by atoms with E-state index in [1.165, 1.54) is 6.20 Å². The second kappa shape index (κ2) is 6.53. The summed E-state index contributed by atoms with van der Waals surface area (Å²) < 4.78 is 5.01. The van der Waals surface area contributed by atoms with Crippen LogP contribution in [0.2, 0.25) is 0 Å². The zero-order valence-electron chi connectivity index (χ0n) is 9.26. The summed E-state index contributed by atoms with van der Waals surface area (Å²) in [6, 6.07) is 1.93. The maximum atomic E-state index is 8.61. The molecule has 5 nitrogen and oxygen atoms in total. The molecule has 0 amide bonds. The smallest absolute Gasteiger partial charge is 0.158 e. The van der Waals surface area contributed by atoms with Crippen LogP contribution >= 0.6 is 0 Å². The van der Waals surface area contributed by atoms with Crippen LogP contribution in [0.5, 0.6) is 0 Å². The van der Waals surface area contributed by atoms with Crippen molar-refractivity contribution in [2.24, 2.45) is 0 Å². The summed E-state index contributed by atoms with van der Waals surface area (Å²) in [7, 11) is 1.65. The van der Waals surface area contributed by atoms with Gasteiger partial charge in [-0.3, -0.25) is 0 Å². The number of aromatic nitrogens is 2. The third-order valence-electron chi connectivity index (χ3n) is 1.99. The molecule has 1 aromatic rings. The summed E-state index contributed by atoms with van der Waals surface area (Å²) in [6.07, 6.45) is 4.82. The zero-order valence-corrected chi connectivity index (χ0v) is 9.26. The van der Waals surface area contributed by atoms with Crippen LogP contribution in [0.25, 0.3) is 0 Å². The van der Waals surface area contributed by atoms with Gasteiger partial charge in [-0.2, -0.15) is 5.26 Å². The fourth-order valence-corrected chi connectivity index (χ4v) is 1.20. The SMILES string of the molecule is C=CCN(CCOC)c1cnc(C#N)cn1. The highest BCUT2D eigenvalue weighted by Crippen LogP contribution is 2.08. The molecule has 0 aromatic carbocycles. The molecule has 0 aliphatic rings. The van der Waals surface area contributed by atoms with Crippen LogP contribution in [-0.2, 0) is 4.74 Å². The first-order valence-corrected chi connectivity index (χ1v) is 4.88. The first-order valence-electron chi connectivity index (χ1n) is 4.88. The summed E-state index contributed by atoms with van der Waals surface area (Å²) in [5.74, 6) is 0.718. The van der Waals surface area contributed by atoms with Crippen LogP contribution in [0.4, 0.5) is 5.82 Å². The molecule has 0 unspecified atom stereocenters. The fourth-order valence-electron chi connectivity index (χ4n) is 1.20. The lowest BCUT2D eigenvalue weighted by Crippen LogP contribution is -2.28.